The van der Waals surface area contributed by atoms with Crippen molar-refractivity contribution in [3.05, 3.63) is 12.2 Å². The van der Waals surface area contributed by atoms with E-state index in [0.717, 1.165) is 32.1 Å². The van der Waals surface area contributed by atoms with E-state index < -0.39 is 35.7 Å². The number of unbranched alkanes of at least 4 members (excludes halogenated alkanes) is 8. The summed E-state index contributed by atoms with van der Waals surface area (Å²) in [6.45, 7) is 9.13. The van der Waals surface area contributed by atoms with Gasteiger partial charge in [0.1, 0.15) is 17.8 Å². The molecule has 0 saturated heterocycles. The highest BCUT2D eigenvalue weighted by molar-refractivity contribution is 5.71. The minimum Gasteiger partial charge on any atom is -0.481 e. The summed E-state index contributed by atoms with van der Waals surface area (Å²) in [4.78, 5) is 35.7. The van der Waals surface area contributed by atoms with E-state index in [1.165, 1.54) is 32.1 Å². The van der Waals surface area contributed by atoms with Crippen LogP contribution in [0, 0.1) is 17.8 Å². The molecule has 3 unspecified atom stereocenters. The molecular formula is C29H54NO6+. The zero-order valence-electron chi connectivity index (χ0n) is 23.4. The fourth-order valence-corrected chi connectivity index (χ4v) is 5.03. The Morgan fingerprint density at radius 2 is 0.944 bits per heavy atom. The minimum atomic E-state index is -0.897. The number of hydrogen-bond acceptors (Lipinski definition) is 3. The van der Waals surface area contributed by atoms with Gasteiger partial charge in [0.25, 0.3) is 0 Å². The third-order valence-corrected chi connectivity index (χ3v) is 7.49. The van der Waals surface area contributed by atoms with Crippen LogP contribution in [0.1, 0.15) is 111 Å². The molecule has 0 saturated carbocycles. The van der Waals surface area contributed by atoms with Gasteiger partial charge in [0, 0.05) is 0 Å². The Hall–Kier alpha value is -1.89. The number of hydrogen-bond donors (Lipinski definition) is 3. The third-order valence-electron chi connectivity index (χ3n) is 7.49. The molecule has 0 aromatic rings. The predicted octanol–water partition coefficient (Wildman–Crippen LogP) is 6.61. The fraction of sp³-hybridized carbons (Fsp3) is 0.828. The van der Waals surface area contributed by atoms with Crippen molar-refractivity contribution in [3.8, 4) is 0 Å². The molecule has 7 heteroatoms. The smallest absolute Gasteiger partial charge is 0.312 e. The maximum atomic E-state index is 11.9. The van der Waals surface area contributed by atoms with Crippen LogP contribution in [0.5, 0.6) is 0 Å². The van der Waals surface area contributed by atoms with Crippen molar-refractivity contribution in [1.82, 2.24) is 0 Å². The van der Waals surface area contributed by atoms with Gasteiger partial charge in [0.2, 0.25) is 0 Å². The highest BCUT2D eigenvalue weighted by atomic mass is 16.4. The van der Waals surface area contributed by atoms with Crippen LogP contribution in [-0.4, -0.2) is 63.9 Å². The molecule has 0 bridgehead atoms. The van der Waals surface area contributed by atoms with Crippen molar-refractivity contribution in [2.45, 2.75) is 111 Å². The van der Waals surface area contributed by atoms with Crippen molar-refractivity contribution in [1.29, 1.82) is 0 Å². The van der Waals surface area contributed by atoms with Gasteiger partial charge in [-0.05, 0) is 57.8 Å². The van der Waals surface area contributed by atoms with E-state index in [9.17, 15) is 29.7 Å². The number of carboxylic acids is 3. The van der Waals surface area contributed by atoms with Crippen LogP contribution in [0.25, 0.3) is 0 Å². The normalized spacial score (nSPS) is 15.9. The Labute approximate surface area is 219 Å². The van der Waals surface area contributed by atoms with Crippen LogP contribution in [0.4, 0.5) is 0 Å². The lowest BCUT2D eigenvalue weighted by Gasteiger charge is -2.43. The monoisotopic (exact) mass is 512 g/mol. The number of carbonyl (C=O) groups is 3. The first-order valence-corrected chi connectivity index (χ1v) is 14.3. The highest BCUT2D eigenvalue weighted by Gasteiger charge is 2.40. The van der Waals surface area contributed by atoms with Gasteiger partial charge in [-0.1, -0.05) is 65.5 Å². The highest BCUT2D eigenvalue weighted by Crippen LogP contribution is 2.25. The van der Waals surface area contributed by atoms with Gasteiger partial charge in [-0.25, -0.2) is 0 Å². The quantitative estimate of drug-likeness (QED) is 0.0762. The molecule has 0 aliphatic carbocycles. The lowest BCUT2D eigenvalue weighted by molar-refractivity contribution is -0.935. The molecule has 3 N–H and O–H groups in total. The van der Waals surface area contributed by atoms with Crippen molar-refractivity contribution in [2.24, 2.45) is 17.8 Å². The molecule has 7 nitrogen and oxygen atoms in total. The molecule has 0 fully saturated rings. The average Bonchev–Trinajstić information content (AvgIpc) is 2.84. The van der Waals surface area contributed by atoms with E-state index >= 15 is 0 Å². The number of nitrogens with zero attached hydrogens (tertiary/aromatic N) is 1. The van der Waals surface area contributed by atoms with Crippen molar-refractivity contribution in [3.63, 3.8) is 0 Å². The first kappa shape index (κ1) is 34.1. The van der Waals surface area contributed by atoms with Gasteiger partial charge in [-0.2, -0.15) is 0 Å². The molecule has 0 spiro atoms. The standard InChI is InChI=1S/C29H53NO6/c1-5-9-10-11-12-13-14-15-16-17-18-19-20-30(21-24(6-2)27(31)32,22-25(7-3)28(33)34)23-26(8-4)29(35)36/h14-15,24-26H,5-13,16-23H2,1-4H3,(H2-,31,32,33,34,35,36)/p+1/b15-14+. The maximum Gasteiger partial charge on any atom is 0.312 e. The Morgan fingerprint density at radius 1 is 0.583 bits per heavy atom. The molecule has 0 amide bonds. The average molecular weight is 513 g/mol. The first-order chi connectivity index (χ1) is 17.2. The topological polar surface area (TPSA) is 112 Å². The molecule has 0 radical (unpaired) electrons. The zero-order chi connectivity index (χ0) is 27.4. The van der Waals surface area contributed by atoms with E-state index in [1.807, 2.05) is 20.8 Å². The van der Waals surface area contributed by atoms with Crippen LogP contribution < -0.4 is 0 Å². The fourth-order valence-electron chi connectivity index (χ4n) is 5.03. The van der Waals surface area contributed by atoms with E-state index in [2.05, 4.69) is 19.1 Å². The van der Waals surface area contributed by atoms with Crippen molar-refractivity contribution in [2.75, 3.05) is 26.2 Å². The Bertz CT molecular complexity index is 588. The van der Waals surface area contributed by atoms with E-state index in [4.69, 9.17) is 0 Å². The summed E-state index contributed by atoms with van der Waals surface area (Å²) in [6.07, 6.45) is 17.2. The first-order valence-electron chi connectivity index (χ1n) is 14.3. The molecule has 0 aliphatic rings. The Balaban J connectivity index is 5.30. The number of rotatable bonds is 24. The van der Waals surface area contributed by atoms with E-state index in [1.54, 1.807) is 0 Å². The summed E-state index contributed by atoms with van der Waals surface area (Å²) in [6, 6.07) is 0. The summed E-state index contributed by atoms with van der Waals surface area (Å²) in [7, 11) is 0. The van der Waals surface area contributed by atoms with Gasteiger partial charge in [0.05, 0.1) is 26.2 Å². The SMILES string of the molecule is CCCCCCC/C=C/CCCCC[N+](CC(CC)C(=O)O)(CC(CC)C(=O)O)CC(CC)C(=O)O. The minimum absolute atomic E-state index is 0.244. The predicted molar refractivity (Wildman–Crippen MR) is 145 cm³/mol. The number of aliphatic carboxylic acids is 3. The van der Waals surface area contributed by atoms with E-state index in [-0.39, 0.29) is 24.1 Å². The Kier molecular flexibility index (Phi) is 19.1. The zero-order valence-corrected chi connectivity index (χ0v) is 23.4. The molecule has 0 rings (SSSR count). The van der Waals surface area contributed by atoms with Gasteiger partial charge in [-0.3, -0.25) is 14.4 Å². The summed E-state index contributed by atoms with van der Waals surface area (Å²) >= 11 is 0. The van der Waals surface area contributed by atoms with Gasteiger partial charge < -0.3 is 19.8 Å². The molecule has 3 atom stereocenters. The summed E-state index contributed by atoms with van der Waals surface area (Å²) in [5.74, 6) is -4.56. The molecule has 0 aromatic heterocycles. The molecule has 36 heavy (non-hydrogen) atoms. The number of quaternary nitrogens is 1. The molecule has 0 aliphatic heterocycles. The molecule has 0 aromatic carbocycles. The number of allylic oxidation sites excluding steroid dienone is 2. The van der Waals surface area contributed by atoms with Crippen LogP contribution in [0.2, 0.25) is 0 Å². The maximum absolute atomic E-state index is 11.9. The second-order valence-electron chi connectivity index (χ2n) is 10.5. The second kappa shape index (κ2) is 20.2. The summed E-state index contributed by atoms with van der Waals surface area (Å²) in [5, 5.41) is 29.3. The van der Waals surface area contributed by atoms with Crippen molar-refractivity contribution >= 4 is 17.9 Å². The van der Waals surface area contributed by atoms with E-state index in [0.29, 0.717) is 25.8 Å². The molecular weight excluding hydrogens is 458 g/mol. The molecule has 0 heterocycles. The second-order valence-corrected chi connectivity index (χ2v) is 10.5. The van der Waals surface area contributed by atoms with Gasteiger partial charge >= 0.3 is 17.9 Å². The van der Waals surface area contributed by atoms with Gasteiger partial charge in [0.15, 0.2) is 0 Å². The van der Waals surface area contributed by atoms with Crippen LogP contribution in [-0.2, 0) is 14.4 Å². The molecule has 210 valence electrons. The largest absolute Gasteiger partial charge is 0.481 e. The lowest BCUT2D eigenvalue weighted by atomic mass is 9.95. The van der Waals surface area contributed by atoms with Crippen LogP contribution >= 0.6 is 0 Å². The van der Waals surface area contributed by atoms with Gasteiger partial charge in [-0.15, -0.1) is 0 Å². The number of carboxylic acid groups (broad SMARTS) is 3. The summed E-state index contributed by atoms with van der Waals surface area (Å²) in [5.41, 5.74) is 0. The summed E-state index contributed by atoms with van der Waals surface area (Å²) < 4.78 is 0.244. The van der Waals surface area contributed by atoms with Crippen LogP contribution in [0.15, 0.2) is 12.2 Å². The third kappa shape index (κ3) is 14.6. The van der Waals surface area contributed by atoms with Crippen molar-refractivity contribution < 1.29 is 34.2 Å². The Morgan fingerprint density at radius 3 is 1.28 bits per heavy atom. The van der Waals surface area contributed by atoms with Crippen LogP contribution in [0.3, 0.4) is 0 Å². The lowest BCUT2D eigenvalue weighted by Crippen LogP contribution is -2.58.